The molecule has 0 aliphatic carbocycles. The number of carbonyl (C=O) groups excluding carboxylic acids is 1. The van der Waals surface area contributed by atoms with E-state index >= 15 is 0 Å². The Morgan fingerprint density at radius 1 is 1.13 bits per heavy atom. The van der Waals surface area contributed by atoms with Crippen LogP contribution >= 0.6 is 0 Å². The van der Waals surface area contributed by atoms with E-state index in [0.29, 0.717) is 52.0 Å². The van der Waals surface area contributed by atoms with Crippen LogP contribution in [0.4, 0.5) is 21.7 Å². The number of hydrogen-bond donors (Lipinski definition) is 4. The average Bonchev–Trinajstić information content (AvgIpc) is 3.37. The van der Waals surface area contributed by atoms with Crippen LogP contribution in [0.5, 0.6) is 11.5 Å². The molecule has 2 heterocycles. The summed E-state index contributed by atoms with van der Waals surface area (Å²) in [5.41, 5.74) is 6.91. The number of aromatic amines is 1. The number of nitrogens with zero attached hydrogens (tertiary/aromatic N) is 4. The molecule has 11 nitrogen and oxygen atoms in total. The number of fused-ring (bicyclic) bond motifs is 1. The molecule has 0 spiro atoms. The van der Waals surface area contributed by atoms with Gasteiger partial charge in [-0.05, 0) is 56.6 Å². The van der Waals surface area contributed by atoms with E-state index in [1.165, 1.54) is 18.5 Å². The molecule has 0 unspecified atom stereocenters. The molecule has 0 bridgehead atoms. The van der Waals surface area contributed by atoms with Crippen LogP contribution in [0.3, 0.4) is 0 Å². The van der Waals surface area contributed by atoms with Crippen molar-refractivity contribution in [1.29, 1.82) is 0 Å². The zero-order valence-corrected chi connectivity index (χ0v) is 21.7. The fourth-order valence-electron chi connectivity index (χ4n) is 4.09. The van der Waals surface area contributed by atoms with Gasteiger partial charge < -0.3 is 25.6 Å². The molecule has 2 aromatic carbocycles. The number of anilines is 3. The number of aliphatic hydroxyl groups excluding tert-OH is 1. The highest BCUT2D eigenvalue weighted by molar-refractivity contribution is 5.96. The highest BCUT2D eigenvalue weighted by atomic mass is 19.1. The summed E-state index contributed by atoms with van der Waals surface area (Å²) in [5.74, 6) is 0.910. The van der Waals surface area contributed by atoms with E-state index in [2.05, 4.69) is 25.5 Å². The summed E-state index contributed by atoms with van der Waals surface area (Å²) in [5, 5.41) is 19.9. The molecule has 4 aromatic rings. The van der Waals surface area contributed by atoms with E-state index in [9.17, 15) is 9.18 Å². The Bertz CT molecular complexity index is 1400. The third-order valence-corrected chi connectivity index (χ3v) is 5.91. The van der Waals surface area contributed by atoms with Gasteiger partial charge in [0.2, 0.25) is 5.91 Å². The number of primary amides is 1. The number of hydrogen-bond acceptors (Lipinski definition) is 9. The minimum atomic E-state index is -0.510. The Balaban J connectivity index is 1.64. The molecule has 2 aromatic heterocycles. The number of nitrogens with one attached hydrogen (secondary N) is 2. The van der Waals surface area contributed by atoms with Crippen molar-refractivity contribution in [2.75, 3.05) is 38.3 Å². The van der Waals surface area contributed by atoms with Gasteiger partial charge in [0, 0.05) is 29.8 Å². The lowest BCUT2D eigenvalue weighted by atomic mass is 10.1. The average molecular weight is 538 g/mol. The molecule has 206 valence electrons. The smallest absolute Gasteiger partial charge is 0.223 e. The summed E-state index contributed by atoms with van der Waals surface area (Å²) >= 11 is 0. The normalized spacial score (nSPS) is 11.1. The summed E-state index contributed by atoms with van der Waals surface area (Å²) < 4.78 is 25.9. The quantitative estimate of drug-likeness (QED) is 0.168. The van der Waals surface area contributed by atoms with Gasteiger partial charge in [-0.1, -0.05) is 6.07 Å². The second-order valence-corrected chi connectivity index (χ2v) is 8.81. The Kier molecular flexibility index (Phi) is 9.59. The third kappa shape index (κ3) is 7.18. The number of nitrogens with two attached hydrogens (primary N) is 1. The van der Waals surface area contributed by atoms with Gasteiger partial charge in [-0.25, -0.2) is 14.4 Å². The van der Waals surface area contributed by atoms with Gasteiger partial charge in [-0.3, -0.25) is 14.8 Å². The predicted octanol–water partition coefficient (Wildman–Crippen LogP) is 3.13. The molecular formula is C27H32FN7O4. The maximum absolute atomic E-state index is 14.3. The molecular weight excluding hydrogens is 505 g/mol. The van der Waals surface area contributed by atoms with Crippen molar-refractivity contribution in [3.63, 3.8) is 0 Å². The van der Waals surface area contributed by atoms with Crippen molar-refractivity contribution >= 4 is 34.1 Å². The van der Waals surface area contributed by atoms with Crippen LogP contribution < -0.4 is 25.4 Å². The van der Waals surface area contributed by atoms with Crippen LogP contribution in [-0.4, -0.2) is 64.6 Å². The Morgan fingerprint density at radius 2 is 1.97 bits per heavy atom. The Morgan fingerprint density at radius 3 is 2.74 bits per heavy atom. The van der Waals surface area contributed by atoms with Crippen LogP contribution in [0, 0.1) is 5.82 Å². The molecule has 0 atom stereocenters. The molecule has 0 fully saturated rings. The second-order valence-electron chi connectivity index (χ2n) is 8.81. The second kappa shape index (κ2) is 13.5. The van der Waals surface area contributed by atoms with Crippen molar-refractivity contribution in [1.82, 2.24) is 25.5 Å². The van der Waals surface area contributed by atoms with E-state index < -0.39 is 11.7 Å². The van der Waals surface area contributed by atoms with Crippen molar-refractivity contribution < 1.29 is 23.8 Å². The number of amides is 1. The number of halogens is 1. The number of ether oxygens (including phenoxy) is 2. The topological polar surface area (TPSA) is 152 Å². The van der Waals surface area contributed by atoms with Gasteiger partial charge >= 0.3 is 0 Å². The lowest BCUT2D eigenvalue weighted by Crippen LogP contribution is -2.19. The molecule has 4 rings (SSSR count). The molecule has 0 saturated heterocycles. The predicted molar refractivity (Wildman–Crippen MR) is 145 cm³/mol. The lowest BCUT2D eigenvalue weighted by molar-refractivity contribution is -0.117. The molecule has 0 aliphatic heterocycles. The van der Waals surface area contributed by atoms with Crippen LogP contribution in [0.2, 0.25) is 0 Å². The van der Waals surface area contributed by atoms with Gasteiger partial charge in [0.15, 0.2) is 17.3 Å². The Labute approximate surface area is 225 Å². The van der Waals surface area contributed by atoms with Gasteiger partial charge in [-0.15, -0.1) is 0 Å². The largest absolute Gasteiger partial charge is 0.493 e. The SMILES string of the molecule is COc1cc2c(N(c3cccc(F)c3)c3cc(CC(N)=O)[nH]n3)ncnc2cc1OCCCNCCCCO. The first kappa shape index (κ1) is 27.7. The van der Waals surface area contributed by atoms with Crippen LogP contribution in [0.1, 0.15) is 25.0 Å². The number of aliphatic hydroxyl groups is 1. The van der Waals surface area contributed by atoms with Gasteiger partial charge in [0.1, 0.15) is 18.0 Å². The maximum atomic E-state index is 14.3. The minimum absolute atomic E-state index is 0.0266. The van der Waals surface area contributed by atoms with Crippen molar-refractivity contribution in [2.24, 2.45) is 5.73 Å². The summed E-state index contributed by atoms with van der Waals surface area (Å²) in [7, 11) is 1.55. The van der Waals surface area contributed by atoms with E-state index in [1.807, 2.05) is 0 Å². The van der Waals surface area contributed by atoms with E-state index in [4.69, 9.17) is 20.3 Å². The zero-order chi connectivity index (χ0) is 27.6. The molecule has 5 N–H and O–H groups in total. The third-order valence-electron chi connectivity index (χ3n) is 5.91. The number of rotatable bonds is 15. The monoisotopic (exact) mass is 537 g/mol. The summed E-state index contributed by atoms with van der Waals surface area (Å²) in [4.78, 5) is 22.0. The van der Waals surface area contributed by atoms with Gasteiger partial charge in [-0.2, -0.15) is 5.10 Å². The molecule has 1 amide bonds. The molecule has 0 aliphatic rings. The number of carbonyl (C=O) groups is 1. The zero-order valence-electron chi connectivity index (χ0n) is 21.7. The first-order valence-electron chi connectivity index (χ1n) is 12.7. The Hall–Kier alpha value is -4.29. The number of H-pyrrole nitrogens is 1. The van der Waals surface area contributed by atoms with Crippen molar-refractivity contribution in [2.45, 2.75) is 25.7 Å². The van der Waals surface area contributed by atoms with Gasteiger partial charge in [0.25, 0.3) is 0 Å². The van der Waals surface area contributed by atoms with Crippen LogP contribution in [0.25, 0.3) is 10.9 Å². The first-order valence-corrected chi connectivity index (χ1v) is 12.7. The number of unbranched alkanes of at least 4 members (excludes halogenated alkanes) is 1. The lowest BCUT2D eigenvalue weighted by Gasteiger charge is -2.23. The summed E-state index contributed by atoms with van der Waals surface area (Å²) in [6.45, 7) is 2.31. The van der Waals surface area contributed by atoms with Crippen LogP contribution in [0.15, 0.2) is 48.8 Å². The summed E-state index contributed by atoms with van der Waals surface area (Å²) in [6, 6.07) is 11.2. The number of benzene rings is 2. The fourth-order valence-corrected chi connectivity index (χ4v) is 4.09. The standard InChI is InChI=1S/C27H32FN7O4/c1-38-23-15-21-22(16-24(23)39-11-5-9-30-8-2-3-10-36)31-17-32-27(21)35(20-7-4-6-18(28)12-20)26-14-19(33-34-26)13-25(29)37/h4,6-7,12,14-17,30,36H,2-3,5,8-11,13H2,1H3,(H2,29,37)(H,33,34). The highest BCUT2D eigenvalue weighted by Gasteiger charge is 2.22. The number of methoxy groups -OCH3 is 1. The van der Waals surface area contributed by atoms with Crippen molar-refractivity contribution in [3.05, 3.63) is 60.3 Å². The van der Waals surface area contributed by atoms with E-state index in [-0.39, 0.29) is 13.0 Å². The van der Waals surface area contributed by atoms with Crippen molar-refractivity contribution in [3.8, 4) is 11.5 Å². The van der Waals surface area contributed by atoms with Crippen LogP contribution in [-0.2, 0) is 11.2 Å². The number of aromatic nitrogens is 4. The first-order chi connectivity index (χ1) is 19.0. The van der Waals surface area contributed by atoms with E-state index in [0.717, 1.165) is 32.4 Å². The molecule has 0 saturated carbocycles. The fraction of sp³-hybridized carbons (Fsp3) is 0.333. The molecule has 0 radical (unpaired) electrons. The van der Waals surface area contributed by atoms with E-state index in [1.54, 1.807) is 42.3 Å². The molecule has 39 heavy (non-hydrogen) atoms. The highest BCUT2D eigenvalue weighted by Crippen LogP contribution is 2.40. The van der Waals surface area contributed by atoms with Gasteiger partial charge in [0.05, 0.1) is 31.3 Å². The maximum Gasteiger partial charge on any atom is 0.223 e. The minimum Gasteiger partial charge on any atom is -0.493 e. The molecule has 12 heteroatoms. The summed E-state index contributed by atoms with van der Waals surface area (Å²) in [6.07, 6.45) is 3.88.